The quantitative estimate of drug-likeness (QED) is 0.821. The second-order valence-corrected chi connectivity index (χ2v) is 4.70. The topological polar surface area (TPSA) is 46.5 Å². The molecule has 0 amide bonds. The first-order chi connectivity index (χ1) is 9.69. The Labute approximate surface area is 118 Å². The minimum absolute atomic E-state index is 0.0592. The largest absolute Gasteiger partial charge is 0.497 e. The summed E-state index contributed by atoms with van der Waals surface area (Å²) in [6, 6.07) is 16.6. The van der Waals surface area contributed by atoms with Crippen LogP contribution in [-0.4, -0.2) is 24.1 Å². The van der Waals surface area contributed by atoms with E-state index in [9.17, 15) is 9.90 Å². The lowest BCUT2D eigenvalue weighted by Gasteiger charge is -2.10. The lowest BCUT2D eigenvalue weighted by Crippen LogP contribution is -2.16. The molecule has 0 saturated carbocycles. The maximum absolute atomic E-state index is 12.0. The number of aliphatic hydroxyl groups excluding tert-OH is 1. The fourth-order valence-corrected chi connectivity index (χ4v) is 2.07. The fourth-order valence-electron chi connectivity index (χ4n) is 2.07. The van der Waals surface area contributed by atoms with Gasteiger partial charge in [0.05, 0.1) is 13.2 Å². The Bertz CT molecular complexity index is 546. The number of ketones is 1. The number of aliphatic hydroxyl groups is 1. The highest BCUT2D eigenvalue weighted by atomic mass is 16.5. The van der Waals surface area contributed by atoms with Crippen LogP contribution in [0.1, 0.15) is 22.3 Å². The molecule has 3 heteroatoms. The van der Waals surface area contributed by atoms with E-state index in [1.165, 1.54) is 0 Å². The van der Waals surface area contributed by atoms with Crippen molar-refractivity contribution in [2.45, 2.75) is 18.9 Å². The van der Waals surface area contributed by atoms with Crippen molar-refractivity contribution in [3.63, 3.8) is 0 Å². The normalized spacial score (nSPS) is 11.9. The first-order valence-corrected chi connectivity index (χ1v) is 6.58. The van der Waals surface area contributed by atoms with Gasteiger partial charge < -0.3 is 9.84 Å². The highest BCUT2D eigenvalue weighted by molar-refractivity contribution is 5.96. The monoisotopic (exact) mass is 270 g/mol. The Morgan fingerprint density at radius 3 is 2.35 bits per heavy atom. The smallest absolute Gasteiger partial charge is 0.165 e. The number of carbonyl (C=O) groups excluding carboxylic acids is 1. The Morgan fingerprint density at radius 2 is 1.75 bits per heavy atom. The van der Waals surface area contributed by atoms with Crippen molar-refractivity contribution in [2.75, 3.05) is 7.11 Å². The zero-order valence-corrected chi connectivity index (χ0v) is 11.5. The van der Waals surface area contributed by atoms with Crippen molar-refractivity contribution >= 4 is 5.78 Å². The molecule has 0 heterocycles. The van der Waals surface area contributed by atoms with Crippen LogP contribution in [0.3, 0.4) is 0 Å². The number of benzene rings is 2. The van der Waals surface area contributed by atoms with E-state index in [1.807, 2.05) is 30.3 Å². The van der Waals surface area contributed by atoms with Gasteiger partial charge in [0.25, 0.3) is 0 Å². The molecule has 104 valence electrons. The SMILES string of the molecule is COc1ccc(C(=O)CC(O)Cc2ccccc2)cc1. The summed E-state index contributed by atoms with van der Waals surface area (Å²) in [6.45, 7) is 0. The molecule has 0 spiro atoms. The molecular formula is C17H18O3. The van der Waals surface area contributed by atoms with Crippen LogP contribution in [0.15, 0.2) is 54.6 Å². The highest BCUT2D eigenvalue weighted by Crippen LogP contribution is 2.14. The Balaban J connectivity index is 1.93. The third-order valence-corrected chi connectivity index (χ3v) is 3.15. The van der Waals surface area contributed by atoms with Gasteiger partial charge in [-0.05, 0) is 36.2 Å². The summed E-state index contributed by atoms with van der Waals surface area (Å²) in [7, 11) is 1.58. The van der Waals surface area contributed by atoms with Crippen molar-refractivity contribution in [1.82, 2.24) is 0 Å². The summed E-state index contributed by atoms with van der Waals surface area (Å²) in [5.74, 6) is 0.655. The molecule has 0 aliphatic carbocycles. The molecule has 3 nitrogen and oxygen atoms in total. The summed E-state index contributed by atoms with van der Waals surface area (Å²) in [6.07, 6.45) is -0.0451. The van der Waals surface area contributed by atoms with E-state index in [4.69, 9.17) is 4.74 Å². The van der Waals surface area contributed by atoms with Gasteiger partial charge in [-0.25, -0.2) is 0 Å². The first kappa shape index (κ1) is 14.3. The van der Waals surface area contributed by atoms with Gasteiger partial charge in [0, 0.05) is 12.0 Å². The molecule has 0 saturated heterocycles. The molecule has 2 aromatic carbocycles. The molecule has 2 rings (SSSR count). The van der Waals surface area contributed by atoms with E-state index in [0.717, 1.165) is 5.56 Å². The van der Waals surface area contributed by atoms with Gasteiger partial charge in [0.1, 0.15) is 5.75 Å². The third-order valence-electron chi connectivity index (χ3n) is 3.15. The van der Waals surface area contributed by atoms with Gasteiger partial charge in [0.15, 0.2) is 5.78 Å². The van der Waals surface area contributed by atoms with Gasteiger partial charge in [-0.2, -0.15) is 0 Å². The van der Waals surface area contributed by atoms with Gasteiger partial charge in [-0.1, -0.05) is 30.3 Å². The number of methoxy groups -OCH3 is 1. The Hall–Kier alpha value is -2.13. The van der Waals surface area contributed by atoms with Crippen LogP contribution < -0.4 is 4.74 Å². The predicted octanol–water partition coefficient (Wildman–Crippen LogP) is 2.87. The molecule has 0 aromatic heterocycles. The van der Waals surface area contributed by atoms with Crippen LogP contribution in [-0.2, 0) is 6.42 Å². The van der Waals surface area contributed by atoms with Crippen LogP contribution in [0.25, 0.3) is 0 Å². The molecule has 0 aliphatic rings. The number of rotatable bonds is 6. The molecule has 1 atom stereocenters. The van der Waals surface area contributed by atoms with E-state index in [1.54, 1.807) is 31.4 Å². The predicted molar refractivity (Wildman–Crippen MR) is 78.1 cm³/mol. The van der Waals surface area contributed by atoms with E-state index >= 15 is 0 Å². The van der Waals surface area contributed by atoms with E-state index in [-0.39, 0.29) is 12.2 Å². The van der Waals surface area contributed by atoms with Crippen molar-refractivity contribution in [3.05, 3.63) is 65.7 Å². The fraction of sp³-hybridized carbons (Fsp3) is 0.235. The summed E-state index contributed by atoms with van der Waals surface area (Å²) in [5.41, 5.74) is 1.63. The first-order valence-electron chi connectivity index (χ1n) is 6.58. The number of hydrogen-bond acceptors (Lipinski definition) is 3. The third kappa shape index (κ3) is 3.93. The molecule has 1 unspecified atom stereocenters. The lowest BCUT2D eigenvalue weighted by molar-refractivity contribution is 0.0881. The van der Waals surface area contributed by atoms with E-state index in [0.29, 0.717) is 17.7 Å². The number of ether oxygens (including phenoxy) is 1. The molecule has 0 fully saturated rings. The van der Waals surface area contributed by atoms with E-state index in [2.05, 4.69) is 0 Å². The molecule has 0 aliphatic heterocycles. The Kier molecular flexibility index (Phi) is 4.91. The van der Waals surface area contributed by atoms with Crippen molar-refractivity contribution in [2.24, 2.45) is 0 Å². The summed E-state index contributed by atoms with van der Waals surface area (Å²) >= 11 is 0. The molecule has 0 bridgehead atoms. The van der Waals surface area contributed by atoms with Gasteiger partial charge in [-0.15, -0.1) is 0 Å². The van der Waals surface area contributed by atoms with Crippen molar-refractivity contribution < 1.29 is 14.6 Å². The molecule has 0 radical (unpaired) electrons. The summed E-state index contributed by atoms with van der Waals surface area (Å²) in [4.78, 5) is 12.0. The van der Waals surface area contributed by atoms with Crippen LogP contribution in [0.5, 0.6) is 5.75 Å². The molecule has 2 aromatic rings. The van der Waals surface area contributed by atoms with Gasteiger partial charge in [-0.3, -0.25) is 4.79 Å². The molecule has 1 N–H and O–H groups in total. The summed E-state index contributed by atoms with van der Waals surface area (Å²) < 4.78 is 5.05. The number of Topliss-reactive ketones (excluding diaryl/α,β-unsaturated/α-hetero) is 1. The van der Waals surface area contributed by atoms with Crippen LogP contribution in [0.4, 0.5) is 0 Å². The van der Waals surface area contributed by atoms with Gasteiger partial charge >= 0.3 is 0 Å². The second kappa shape index (κ2) is 6.87. The standard InChI is InChI=1S/C17H18O3/c1-20-16-9-7-14(8-10-16)17(19)12-15(18)11-13-5-3-2-4-6-13/h2-10,15,18H,11-12H2,1H3. The van der Waals surface area contributed by atoms with Crippen LogP contribution >= 0.6 is 0 Å². The number of carbonyl (C=O) groups is 1. The van der Waals surface area contributed by atoms with Crippen LogP contribution in [0, 0.1) is 0 Å². The van der Waals surface area contributed by atoms with Crippen molar-refractivity contribution in [1.29, 1.82) is 0 Å². The highest BCUT2D eigenvalue weighted by Gasteiger charge is 2.13. The second-order valence-electron chi connectivity index (χ2n) is 4.70. The zero-order chi connectivity index (χ0) is 14.4. The summed E-state index contributed by atoms with van der Waals surface area (Å²) in [5, 5.41) is 9.99. The van der Waals surface area contributed by atoms with Crippen molar-refractivity contribution in [3.8, 4) is 5.75 Å². The van der Waals surface area contributed by atoms with E-state index < -0.39 is 6.10 Å². The maximum atomic E-state index is 12.0. The van der Waals surface area contributed by atoms with Gasteiger partial charge in [0.2, 0.25) is 0 Å². The minimum atomic E-state index is -0.660. The minimum Gasteiger partial charge on any atom is -0.497 e. The average molecular weight is 270 g/mol. The average Bonchev–Trinajstić information content (AvgIpc) is 2.48. The Morgan fingerprint density at radius 1 is 1.10 bits per heavy atom. The zero-order valence-electron chi connectivity index (χ0n) is 11.5. The molecular weight excluding hydrogens is 252 g/mol. The van der Waals surface area contributed by atoms with Crippen LogP contribution in [0.2, 0.25) is 0 Å². The molecule has 20 heavy (non-hydrogen) atoms. The number of hydrogen-bond donors (Lipinski definition) is 1. The lowest BCUT2D eigenvalue weighted by atomic mass is 10.0. The maximum Gasteiger partial charge on any atom is 0.165 e.